The molecule has 0 saturated heterocycles. The van der Waals surface area contributed by atoms with Crippen LogP contribution in [0.4, 0.5) is 5.69 Å². The highest BCUT2D eigenvalue weighted by molar-refractivity contribution is 5.96. The molecule has 0 atom stereocenters. The molecule has 19 heavy (non-hydrogen) atoms. The molecule has 1 aromatic carbocycles. The molecule has 0 unspecified atom stereocenters. The molecule has 0 heterocycles. The molecule has 1 N–H and O–H groups in total. The summed E-state index contributed by atoms with van der Waals surface area (Å²) in [5, 5.41) is 3.01. The Bertz CT molecular complexity index is 476. The molecule has 3 nitrogen and oxygen atoms in total. The number of carbonyl (C=O) groups is 1. The lowest BCUT2D eigenvalue weighted by Gasteiger charge is -2.16. The molecule has 1 amide bonds. The van der Waals surface area contributed by atoms with Gasteiger partial charge in [0.15, 0.2) is 0 Å². The van der Waals surface area contributed by atoms with E-state index in [2.05, 4.69) is 12.2 Å². The van der Waals surface area contributed by atoms with Gasteiger partial charge in [0, 0.05) is 11.1 Å². The maximum absolute atomic E-state index is 12.0. The van der Waals surface area contributed by atoms with Crippen molar-refractivity contribution in [3.8, 4) is 5.75 Å². The van der Waals surface area contributed by atoms with Crippen molar-refractivity contribution in [1.82, 2.24) is 0 Å². The lowest BCUT2D eigenvalue weighted by molar-refractivity contribution is -0.120. The number of hydrogen-bond donors (Lipinski definition) is 1. The maximum Gasteiger partial charge on any atom is 0.230 e. The molecule has 1 aliphatic carbocycles. The first kappa shape index (κ1) is 13.9. The normalized spacial score (nSPS) is 16.3. The van der Waals surface area contributed by atoms with Gasteiger partial charge in [-0.25, -0.2) is 0 Å². The summed E-state index contributed by atoms with van der Waals surface area (Å²) in [6.07, 6.45) is 3.04. The Labute approximate surface area is 115 Å². The van der Waals surface area contributed by atoms with Gasteiger partial charge in [0.25, 0.3) is 0 Å². The van der Waals surface area contributed by atoms with Crippen molar-refractivity contribution in [1.29, 1.82) is 0 Å². The zero-order valence-corrected chi connectivity index (χ0v) is 12.2. The third-order valence-corrected chi connectivity index (χ3v) is 3.61. The van der Waals surface area contributed by atoms with Gasteiger partial charge in [-0.05, 0) is 56.9 Å². The van der Waals surface area contributed by atoms with Gasteiger partial charge in [-0.2, -0.15) is 0 Å². The predicted molar refractivity (Wildman–Crippen MR) is 77.6 cm³/mol. The molecule has 1 fully saturated rings. The second-order valence-electron chi connectivity index (χ2n) is 5.86. The summed E-state index contributed by atoms with van der Waals surface area (Å²) in [6.45, 7) is 8.14. The second-order valence-corrected chi connectivity index (χ2v) is 5.86. The highest BCUT2D eigenvalue weighted by Crippen LogP contribution is 2.45. The first-order valence-electron chi connectivity index (χ1n) is 7.05. The van der Waals surface area contributed by atoms with E-state index in [1.807, 2.05) is 39.0 Å². The molecule has 2 rings (SSSR count). The number of ether oxygens (including phenoxy) is 1. The molecular formula is C16H23NO2. The molecule has 0 aromatic heterocycles. The zero-order chi connectivity index (χ0) is 14.0. The average molecular weight is 261 g/mol. The summed E-state index contributed by atoms with van der Waals surface area (Å²) in [7, 11) is 0. The van der Waals surface area contributed by atoms with Crippen molar-refractivity contribution in [3.05, 3.63) is 23.8 Å². The summed E-state index contributed by atoms with van der Waals surface area (Å²) in [5.41, 5.74) is 1.86. The largest absolute Gasteiger partial charge is 0.491 e. The van der Waals surface area contributed by atoms with Gasteiger partial charge in [0.2, 0.25) is 5.91 Å². The first-order valence-corrected chi connectivity index (χ1v) is 7.05. The van der Waals surface area contributed by atoms with Crippen LogP contribution in [0, 0.1) is 5.41 Å². The number of carbonyl (C=O) groups excluding carboxylic acids is 1. The molecule has 0 spiro atoms. The Hall–Kier alpha value is -1.51. The molecule has 1 aromatic rings. The quantitative estimate of drug-likeness (QED) is 0.876. The minimum atomic E-state index is -0.139. The topological polar surface area (TPSA) is 38.3 Å². The molecule has 1 aliphatic rings. The van der Waals surface area contributed by atoms with E-state index in [9.17, 15) is 4.79 Å². The number of rotatable bonds is 5. The molecule has 0 aliphatic heterocycles. The van der Waals surface area contributed by atoms with Crippen molar-refractivity contribution in [2.24, 2.45) is 5.41 Å². The Kier molecular flexibility index (Phi) is 3.83. The Morgan fingerprint density at radius 3 is 2.63 bits per heavy atom. The van der Waals surface area contributed by atoms with Crippen LogP contribution in [0.25, 0.3) is 0 Å². The molecule has 1 saturated carbocycles. The Morgan fingerprint density at radius 2 is 2.11 bits per heavy atom. The number of benzene rings is 1. The van der Waals surface area contributed by atoms with Gasteiger partial charge in [-0.1, -0.05) is 13.8 Å². The third-order valence-electron chi connectivity index (χ3n) is 3.61. The van der Waals surface area contributed by atoms with Gasteiger partial charge < -0.3 is 10.1 Å². The third kappa shape index (κ3) is 3.28. The van der Waals surface area contributed by atoms with Crippen LogP contribution in [0.5, 0.6) is 5.75 Å². The fraction of sp³-hybridized carbons (Fsp3) is 0.562. The molecule has 3 heteroatoms. The summed E-state index contributed by atoms with van der Waals surface area (Å²) < 4.78 is 5.76. The van der Waals surface area contributed by atoms with Crippen LogP contribution in [0.15, 0.2) is 18.2 Å². The first-order chi connectivity index (χ1) is 8.94. The fourth-order valence-corrected chi connectivity index (χ4v) is 2.00. The van der Waals surface area contributed by atoms with Crippen LogP contribution in [0.1, 0.15) is 46.1 Å². The molecule has 0 radical (unpaired) electrons. The van der Waals surface area contributed by atoms with E-state index in [1.165, 1.54) is 0 Å². The van der Waals surface area contributed by atoms with Gasteiger partial charge in [0.1, 0.15) is 5.75 Å². The van der Waals surface area contributed by atoms with Gasteiger partial charge in [0.05, 0.1) is 6.10 Å². The monoisotopic (exact) mass is 261 g/mol. The highest BCUT2D eigenvalue weighted by Gasteiger charge is 2.44. The number of amides is 1. The van der Waals surface area contributed by atoms with E-state index in [0.29, 0.717) is 0 Å². The van der Waals surface area contributed by atoms with Crippen molar-refractivity contribution in [2.45, 2.75) is 53.1 Å². The number of anilines is 1. The van der Waals surface area contributed by atoms with Crippen LogP contribution in [-0.2, 0) is 11.2 Å². The van der Waals surface area contributed by atoms with E-state index in [-0.39, 0.29) is 17.4 Å². The summed E-state index contributed by atoms with van der Waals surface area (Å²) in [5.74, 6) is 1.04. The van der Waals surface area contributed by atoms with E-state index < -0.39 is 0 Å². The smallest absolute Gasteiger partial charge is 0.230 e. The summed E-state index contributed by atoms with van der Waals surface area (Å²) in [6, 6.07) is 5.88. The van der Waals surface area contributed by atoms with Crippen molar-refractivity contribution in [2.75, 3.05) is 5.32 Å². The minimum Gasteiger partial charge on any atom is -0.491 e. The van der Waals surface area contributed by atoms with Crippen LogP contribution in [-0.4, -0.2) is 12.0 Å². The van der Waals surface area contributed by atoms with Crippen molar-refractivity contribution in [3.63, 3.8) is 0 Å². The van der Waals surface area contributed by atoms with Gasteiger partial charge >= 0.3 is 0 Å². The predicted octanol–water partition coefficient (Wildman–Crippen LogP) is 3.77. The summed E-state index contributed by atoms with van der Waals surface area (Å²) >= 11 is 0. The number of nitrogens with one attached hydrogen (secondary N) is 1. The zero-order valence-electron chi connectivity index (χ0n) is 12.2. The second kappa shape index (κ2) is 5.24. The standard InChI is InChI=1S/C16H23NO2/c1-5-12-10-13(6-7-14(12)19-11(2)3)17-15(18)16(4)8-9-16/h6-7,10-11H,5,8-9H2,1-4H3,(H,17,18). The SMILES string of the molecule is CCc1cc(NC(=O)C2(C)CC2)ccc1OC(C)C. The lowest BCUT2D eigenvalue weighted by Crippen LogP contribution is -2.21. The number of hydrogen-bond acceptors (Lipinski definition) is 2. The van der Waals surface area contributed by atoms with Crippen LogP contribution < -0.4 is 10.1 Å². The van der Waals surface area contributed by atoms with Crippen LogP contribution in [0.2, 0.25) is 0 Å². The average Bonchev–Trinajstić information content (AvgIpc) is 3.10. The molecule has 0 bridgehead atoms. The lowest BCUT2D eigenvalue weighted by atomic mass is 10.1. The van der Waals surface area contributed by atoms with Crippen LogP contribution >= 0.6 is 0 Å². The van der Waals surface area contributed by atoms with E-state index in [4.69, 9.17) is 4.74 Å². The Balaban J connectivity index is 2.12. The molecular weight excluding hydrogens is 238 g/mol. The van der Waals surface area contributed by atoms with E-state index in [1.54, 1.807) is 0 Å². The van der Waals surface area contributed by atoms with E-state index >= 15 is 0 Å². The van der Waals surface area contributed by atoms with Gasteiger partial charge in [-0.3, -0.25) is 4.79 Å². The van der Waals surface area contributed by atoms with Gasteiger partial charge in [-0.15, -0.1) is 0 Å². The van der Waals surface area contributed by atoms with Crippen molar-refractivity contribution < 1.29 is 9.53 Å². The fourth-order valence-electron chi connectivity index (χ4n) is 2.00. The van der Waals surface area contributed by atoms with E-state index in [0.717, 1.165) is 36.3 Å². The highest BCUT2D eigenvalue weighted by atomic mass is 16.5. The summed E-state index contributed by atoms with van der Waals surface area (Å²) in [4.78, 5) is 12.0. The maximum atomic E-state index is 12.0. The van der Waals surface area contributed by atoms with Crippen molar-refractivity contribution >= 4 is 11.6 Å². The minimum absolute atomic E-state index is 0.132. The number of aryl methyl sites for hydroxylation is 1. The van der Waals surface area contributed by atoms with Crippen LogP contribution in [0.3, 0.4) is 0 Å². The molecule has 104 valence electrons. The Morgan fingerprint density at radius 1 is 1.42 bits per heavy atom.